The molecule has 0 fully saturated rings. The number of nitrogens with one attached hydrogen (secondary N) is 2. The van der Waals surface area contributed by atoms with Gasteiger partial charge in [0.1, 0.15) is 0 Å². The molecule has 1 aromatic rings. The molecule has 0 saturated heterocycles. The molecular formula is C13H21N5O. The van der Waals surface area contributed by atoms with Crippen molar-refractivity contribution >= 4 is 5.96 Å². The number of hydrogen-bond acceptors (Lipinski definition) is 3. The van der Waals surface area contributed by atoms with Gasteiger partial charge in [-0.1, -0.05) is 6.07 Å². The molecular weight excluding hydrogens is 242 g/mol. The molecule has 104 valence electrons. The Morgan fingerprint density at radius 1 is 1.47 bits per heavy atom. The Bertz CT molecular complexity index is 439. The van der Waals surface area contributed by atoms with Crippen molar-refractivity contribution in [3.8, 4) is 6.19 Å². The van der Waals surface area contributed by atoms with Crippen LogP contribution in [0.3, 0.4) is 0 Å². The lowest BCUT2D eigenvalue weighted by Crippen LogP contribution is -2.34. The number of pyridine rings is 1. The summed E-state index contributed by atoms with van der Waals surface area (Å²) in [6.07, 6.45) is 6.74. The zero-order valence-corrected chi connectivity index (χ0v) is 11.4. The Labute approximate surface area is 113 Å². The van der Waals surface area contributed by atoms with Crippen LogP contribution in [0.2, 0.25) is 0 Å². The van der Waals surface area contributed by atoms with Crippen LogP contribution in [-0.4, -0.2) is 30.0 Å². The third kappa shape index (κ3) is 6.38. The largest absolute Gasteiger partial charge is 0.412 e. The van der Waals surface area contributed by atoms with Crippen molar-refractivity contribution in [2.24, 2.45) is 4.99 Å². The van der Waals surface area contributed by atoms with Gasteiger partial charge in [0.15, 0.2) is 6.19 Å². The van der Waals surface area contributed by atoms with Gasteiger partial charge in [-0.2, -0.15) is 5.26 Å². The molecule has 0 atom stereocenters. The molecule has 0 aliphatic rings. The normalized spacial score (nSPS) is 10.3. The number of rotatable bonds is 5. The lowest BCUT2D eigenvalue weighted by atomic mass is 10.1. The van der Waals surface area contributed by atoms with E-state index in [1.54, 1.807) is 7.05 Å². The van der Waals surface area contributed by atoms with Gasteiger partial charge in [0, 0.05) is 25.5 Å². The van der Waals surface area contributed by atoms with E-state index in [1.807, 2.05) is 18.5 Å². The van der Waals surface area contributed by atoms with Crippen molar-refractivity contribution in [1.82, 2.24) is 15.6 Å². The minimum absolute atomic E-state index is 0. The van der Waals surface area contributed by atoms with Crippen LogP contribution in [0.4, 0.5) is 0 Å². The summed E-state index contributed by atoms with van der Waals surface area (Å²) in [5.41, 5.74) is 2.41. The van der Waals surface area contributed by atoms with Crippen LogP contribution >= 0.6 is 0 Å². The lowest BCUT2D eigenvalue weighted by Gasteiger charge is -2.07. The predicted octanol–water partition coefficient (Wildman–Crippen LogP) is 0.534. The second-order valence-electron chi connectivity index (χ2n) is 3.96. The first kappa shape index (κ1) is 16.9. The summed E-state index contributed by atoms with van der Waals surface area (Å²) >= 11 is 0. The topological polar surface area (TPSA) is 105 Å². The SMILES string of the molecule is CN=C(NC#N)NCCCCc1ncccc1C.O. The summed E-state index contributed by atoms with van der Waals surface area (Å²) in [7, 11) is 1.64. The quantitative estimate of drug-likeness (QED) is 0.266. The number of aromatic nitrogens is 1. The monoisotopic (exact) mass is 263 g/mol. The van der Waals surface area contributed by atoms with Gasteiger partial charge in [-0.3, -0.25) is 15.3 Å². The van der Waals surface area contributed by atoms with Crippen molar-refractivity contribution in [3.63, 3.8) is 0 Å². The molecule has 0 amide bonds. The van der Waals surface area contributed by atoms with Gasteiger partial charge in [0.05, 0.1) is 0 Å². The minimum atomic E-state index is 0. The Balaban J connectivity index is 0.00000324. The molecule has 0 radical (unpaired) electrons. The Morgan fingerprint density at radius 3 is 2.89 bits per heavy atom. The maximum absolute atomic E-state index is 8.46. The third-order valence-electron chi connectivity index (χ3n) is 2.65. The summed E-state index contributed by atoms with van der Waals surface area (Å²) in [6, 6.07) is 4.04. The van der Waals surface area contributed by atoms with Crippen LogP contribution in [0.15, 0.2) is 23.3 Å². The van der Waals surface area contributed by atoms with E-state index >= 15 is 0 Å². The van der Waals surface area contributed by atoms with Gasteiger partial charge in [-0.15, -0.1) is 0 Å². The van der Waals surface area contributed by atoms with Crippen molar-refractivity contribution in [3.05, 3.63) is 29.6 Å². The second-order valence-corrected chi connectivity index (χ2v) is 3.96. The molecule has 0 spiro atoms. The number of aryl methyl sites for hydroxylation is 2. The molecule has 0 aliphatic carbocycles. The van der Waals surface area contributed by atoms with Crippen LogP contribution < -0.4 is 10.6 Å². The Morgan fingerprint density at radius 2 is 2.26 bits per heavy atom. The smallest absolute Gasteiger partial charge is 0.204 e. The molecule has 1 rings (SSSR count). The molecule has 4 N–H and O–H groups in total. The average molecular weight is 263 g/mol. The fraction of sp³-hybridized carbons (Fsp3) is 0.462. The Kier molecular flexibility index (Phi) is 8.75. The number of aliphatic imine (C=N–C) groups is 1. The van der Waals surface area contributed by atoms with E-state index in [0.717, 1.165) is 31.5 Å². The minimum Gasteiger partial charge on any atom is -0.412 e. The molecule has 1 aromatic heterocycles. The summed E-state index contributed by atoms with van der Waals surface area (Å²) in [6.45, 7) is 2.88. The van der Waals surface area contributed by atoms with Gasteiger partial charge in [-0.05, 0) is 37.8 Å². The van der Waals surface area contributed by atoms with Crippen LogP contribution in [0.5, 0.6) is 0 Å². The maximum atomic E-state index is 8.46. The van der Waals surface area contributed by atoms with Crippen molar-refractivity contribution in [2.75, 3.05) is 13.6 Å². The summed E-state index contributed by atoms with van der Waals surface area (Å²) in [5.74, 6) is 0.520. The van der Waals surface area contributed by atoms with Gasteiger partial charge in [0.2, 0.25) is 5.96 Å². The first-order valence-electron chi connectivity index (χ1n) is 6.04. The zero-order valence-electron chi connectivity index (χ0n) is 11.4. The van der Waals surface area contributed by atoms with Crippen LogP contribution in [-0.2, 0) is 6.42 Å². The highest BCUT2D eigenvalue weighted by atomic mass is 16.0. The molecule has 1 heterocycles. The van der Waals surface area contributed by atoms with E-state index in [1.165, 1.54) is 5.56 Å². The standard InChI is InChI=1S/C13H19N5.H2O/c1-11-6-5-9-16-12(11)7-3-4-8-17-13(15-2)18-10-14;/h5-6,9H,3-4,7-8H2,1-2H3,(H2,15,17,18);1H2. The number of unbranched alkanes of at least 4 members (excludes halogenated alkanes) is 1. The number of nitrogens with zero attached hydrogens (tertiary/aromatic N) is 3. The number of hydrogen-bond donors (Lipinski definition) is 2. The summed E-state index contributed by atoms with van der Waals surface area (Å²) in [4.78, 5) is 8.26. The predicted molar refractivity (Wildman–Crippen MR) is 75.6 cm³/mol. The second kappa shape index (κ2) is 9.85. The first-order chi connectivity index (χ1) is 8.77. The highest BCUT2D eigenvalue weighted by Gasteiger charge is 1.99. The van der Waals surface area contributed by atoms with Crippen LogP contribution in [0.1, 0.15) is 24.1 Å². The molecule has 0 aromatic carbocycles. The number of nitriles is 1. The molecule has 0 bridgehead atoms. The van der Waals surface area contributed by atoms with Crippen molar-refractivity contribution in [2.45, 2.75) is 26.2 Å². The zero-order chi connectivity index (χ0) is 13.2. The highest BCUT2D eigenvalue weighted by molar-refractivity contribution is 5.80. The summed E-state index contributed by atoms with van der Waals surface area (Å²) < 4.78 is 0. The molecule has 19 heavy (non-hydrogen) atoms. The van der Waals surface area contributed by atoms with E-state index < -0.39 is 0 Å². The lowest BCUT2D eigenvalue weighted by molar-refractivity contribution is 0.693. The van der Waals surface area contributed by atoms with Crippen LogP contribution in [0.25, 0.3) is 0 Å². The van der Waals surface area contributed by atoms with Gasteiger partial charge in [0.25, 0.3) is 0 Å². The summed E-state index contributed by atoms with van der Waals surface area (Å²) in [5, 5.41) is 14.0. The molecule has 0 aliphatic heterocycles. The Hall–Kier alpha value is -2.13. The maximum Gasteiger partial charge on any atom is 0.204 e. The van der Waals surface area contributed by atoms with Crippen molar-refractivity contribution < 1.29 is 5.48 Å². The van der Waals surface area contributed by atoms with Gasteiger partial charge < -0.3 is 10.8 Å². The third-order valence-corrected chi connectivity index (χ3v) is 2.65. The first-order valence-corrected chi connectivity index (χ1v) is 6.04. The molecule has 6 nitrogen and oxygen atoms in total. The average Bonchev–Trinajstić information content (AvgIpc) is 2.39. The fourth-order valence-electron chi connectivity index (χ4n) is 1.64. The van der Waals surface area contributed by atoms with E-state index in [-0.39, 0.29) is 5.48 Å². The van der Waals surface area contributed by atoms with E-state index in [2.05, 4.69) is 33.6 Å². The molecule has 0 saturated carbocycles. The van der Waals surface area contributed by atoms with Gasteiger partial charge in [-0.25, -0.2) is 0 Å². The molecule has 0 unspecified atom stereocenters. The number of guanidine groups is 1. The fourth-order valence-corrected chi connectivity index (χ4v) is 1.64. The highest BCUT2D eigenvalue weighted by Crippen LogP contribution is 2.06. The molecule has 6 heteroatoms. The van der Waals surface area contributed by atoms with E-state index in [0.29, 0.717) is 5.96 Å². The van der Waals surface area contributed by atoms with Crippen LogP contribution in [0, 0.1) is 18.4 Å². The van der Waals surface area contributed by atoms with Gasteiger partial charge >= 0.3 is 0 Å². The van der Waals surface area contributed by atoms with E-state index in [4.69, 9.17) is 5.26 Å². The van der Waals surface area contributed by atoms with E-state index in [9.17, 15) is 0 Å². The van der Waals surface area contributed by atoms with Crippen molar-refractivity contribution in [1.29, 1.82) is 5.26 Å².